The zero-order valence-electron chi connectivity index (χ0n) is 15.4. The topological polar surface area (TPSA) is 110 Å². The van der Waals surface area contributed by atoms with Crippen molar-refractivity contribution < 1.29 is 32.9 Å². The van der Waals surface area contributed by atoms with Gasteiger partial charge in [-0.3, -0.25) is 4.79 Å². The SMILES string of the molecule is C=CC(=O)NCc1nn(-c2cccc(OC(F)(F)F)c2)c2nccc(C(O)CO)c12. The molecule has 2 heterocycles. The summed E-state index contributed by atoms with van der Waals surface area (Å²) < 4.78 is 42.9. The Morgan fingerprint density at radius 3 is 2.80 bits per heavy atom. The number of aromatic nitrogens is 3. The third-order valence-corrected chi connectivity index (χ3v) is 4.12. The molecule has 1 amide bonds. The zero-order valence-corrected chi connectivity index (χ0v) is 15.4. The maximum atomic E-state index is 12.6. The number of fused-ring (bicyclic) bond motifs is 1. The van der Waals surface area contributed by atoms with E-state index in [2.05, 4.69) is 26.7 Å². The van der Waals surface area contributed by atoms with Crippen molar-refractivity contribution in [1.29, 1.82) is 0 Å². The highest BCUT2D eigenvalue weighted by Gasteiger charge is 2.31. The molecule has 0 spiro atoms. The van der Waals surface area contributed by atoms with Gasteiger partial charge < -0.3 is 20.3 Å². The number of benzene rings is 1. The molecule has 0 bridgehead atoms. The Labute approximate surface area is 168 Å². The van der Waals surface area contributed by atoms with E-state index in [1.807, 2.05) is 0 Å². The van der Waals surface area contributed by atoms with Gasteiger partial charge in [0, 0.05) is 12.3 Å². The second kappa shape index (κ2) is 8.51. The first-order valence-corrected chi connectivity index (χ1v) is 8.65. The summed E-state index contributed by atoms with van der Waals surface area (Å²) in [7, 11) is 0. The summed E-state index contributed by atoms with van der Waals surface area (Å²) in [6.45, 7) is 2.72. The monoisotopic (exact) mass is 422 g/mol. The lowest BCUT2D eigenvalue weighted by Crippen LogP contribution is -2.20. The van der Waals surface area contributed by atoms with E-state index < -0.39 is 30.7 Å². The Balaban J connectivity index is 2.15. The molecule has 0 saturated carbocycles. The molecule has 1 aromatic carbocycles. The summed E-state index contributed by atoms with van der Waals surface area (Å²) in [4.78, 5) is 15.8. The van der Waals surface area contributed by atoms with Crippen molar-refractivity contribution in [2.24, 2.45) is 0 Å². The number of pyridine rings is 1. The molecule has 158 valence electrons. The maximum absolute atomic E-state index is 12.6. The highest BCUT2D eigenvalue weighted by molar-refractivity contribution is 5.88. The van der Waals surface area contributed by atoms with Crippen LogP contribution in [0.25, 0.3) is 16.7 Å². The summed E-state index contributed by atoms with van der Waals surface area (Å²) in [5, 5.41) is 26.8. The van der Waals surface area contributed by atoms with E-state index in [1.165, 1.54) is 29.1 Å². The smallest absolute Gasteiger partial charge is 0.406 e. The molecule has 3 N–H and O–H groups in total. The first-order valence-electron chi connectivity index (χ1n) is 8.65. The summed E-state index contributed by atoms with van der Waals surface area (Å²) >= 11 is 0. The van der Waals surface area contributed by atoms with Crippen molar-refractivity contribution >= 4 is 16.9 Å². The highest BCUT2D eigenvalue weighted by Crippen LogP contribution is 2.30. The van der Waals surface area contributed by atoms with Gasteiger partial charge in [-0.1, -0.05) is 12.6 Å². The number of carbonyl (C=O) groups is 1. The Morgan fingerprint density at radius 1 is 1.37 bits per heavy atom. The summed E-state index contributed by atoms with van der Waals surface area (Å²) in [6, 6.07) is 6.61. The maximum Gasteiger partial charge on any atom is 0.573 e. The second-order valence-corrected chi connectivity index (χ2v) is 6.12. The molecule has 0 fully saturated rings. The first-order chi connectivity index (χ1) is 14.2. The molecule has 1 unspecified atom stereocenters. The molecule has 30 heavy (non-hydrogen) atoms. The number of halogens is 3. The van der Waals surface area contributed by atoms with Crippen LogP contribution in [0.1, 0.15) is 17.4 Å². The van der Waals surface area contributed by atoms with Crippen molar-refractivity contribution in [3.63, 3.8) is 0 Å². The normalized spacial score (nSPS) is 12.6. The third-order valence-electron chi connectivity index (χ3n) is 4.12. The van der Waals surface area contributed by atoms with E-state index in [4.69, 9.17) is 0 Å². The van der Waals surface area contributed by atoms with Gasteiger partial charge in [-0.2, -0.15) is 5.10 Å². The van der Waals surface area contributed by atoms with Gasteiger partial charge in [-0.25, -0.2) is 9.67 Å². The summed E-state index contributed by atoms with van der Waals surface area (Å²) in [5.41, 5.74) is 1.02. The second-order valence-electron chi connectivity index (χ2n) is 6.12. The van der Waals surface area contributed by atoms with Crippen LogP contribution in [-0.4, -0.2) is 43.9 Å². The van der Waals surface area contributed by atoms with Crippen molar-refractivity contribution in [3.8, 4) is 11.4 Å². The minimum atomic E-state index is -4.86. The van der Waals surface area contributed by atoms with Gasteiger partial charge in [0.1, 0.15) is 11.9 Å². The van der Waals surface area contributed by atoms with Gasteiger partial charge in [0.25, 0.3) is 0 Å². The van der Waals surface area contributed by atoms with Crippen LogP contribution < -0.4 is 10.1 Å². The molecule has 3 rings (SSSR count). The van der Waals surface area contributed by atoms with Gasteiger partial charge in [-0.05, 0) is 29.8 Å². The first kappa shape index (κ1) is 21.3. The minimum absolute atomic E-state index is 0.0655. The molecule has 1 atom stereocenters. The van der Waals surface area contributed by atoms with Gasteiger partial charge in [0.15, 0.2) is 5.65 Å². The molecule has 2 aromatic heterocycles. The van der Waals surface area contributed by atoms with Crippen LogP contribution in [0.4, 0.5) is 13.2 Å². The number of rotatable bonds is 7. The number of aliphatic hydroxyl groups is 2. The molecular weight excluding hydrogens is 405 g/mol. The standard InChI is InChI=1S/C19H17F3N4O4/c1-2-16(29)24-9-14-17-13(15(28)10-27)6-7-23-18(17)26(25-14)11-4-3-5-12(8-11)30-19(20,21)22/h2-8,15,27-28H,1,9-10H2,(H,24,29). The Morgan fingerprint density at radius 2 is 2.13 bits per heavy atom. The lowest BCUT2D eigenvalue weighted by molar-refractivity contribution is -0.274. The molecule has 0 radical (unpaired) electrons. The fourth-order valence-electron chi connectivity index (χ4n) is 2.87. The number of nitrogens with one attached hydrogen (secondary N) is 1. The highest BCUT2D eigenvalue weighted by atomic mass is 19.4. The van der Waals surface area contributed by atoms with E-state index in [0.717, 1.165) is 18.2 Å². The number of amides is 1. The van der Waals surface area contributed by atoms with E-state index in [1.54, 1.807) is 0 Å². The predicted molar refractivity (Wildman–Crippen MR) is 99.6 cm³/mol. The fourth-order valence-corrected chi connectivity index (χ4v) is 2.87. The minimum Gasteiger partial charge on any atom is -0.406 e. The molecule has 0 aliphatic heterocycles. The van der Waals surface area contributed by atoms with Crippen molar-refractivity contribution in [2.75, 3.05) is 6.61 Å². The Hall–Kier alpha value is -3.44. The largest absolute Gasteiger partial charge is 0.573 e. The molecular formula is C19H17F3N4O4. The van der Waals surface area contributed by atoms with Crippen molar-refractivity contribution in [2.45, 2.75) is 19.0 Å². The zero-order chi connectivity index (χ0) is 21.9. The van der Waals surface area contributed by atoms with Crippen LogP contribution in [0.3, 0.4) is 0 Å². The number of nitrogens with zero attached hydrogens (tertiary/aromatic N) is 3. The number of hydrogen-bond acceptors (Lipinski definition) is 6. The van der Waals surface area contributed by atoms with E-state index >= 15 is 0 Å². The molecule has 0 saturated heterocycles. The van der Waals surface area contributed by atoms with Crippen LogP contribution in [0.2, 0.25) is 0 Å². The molecule has 3 aromatic rings. The van der Waals surface area contributed by atoms with Gasteiger partial charge in [-0.15, -0.1) is 13.2 Å². The van der Waals surface area contributed by atoms with E-state index in [0.29, 0.717) is 10.9 Å². The van der Waals surface area contributed by atoms with Crippen LogP contribution in [-0.2, 0) is 11.3 Å². The lowest BCUT2D eigenvalue weighted by Gasteiger charge is -2.11. The van der Waals surface area contributed by atoms with E-state index in [9.17, 15) is 28.2 Å². The van der Waals surface area contributed by atoms with Crippen molar-refractivity contribution in [3.05, 3.63) is 60.4 Å². The average molecular weight is 422 g/mol. The van der Waals surface area contributed by atoms with Crippen LogP contribution in [0.5, 0.6) is 5.75 Å². The van der Waals surface area contributed by atoms with Crippen molar-refractivity contribution in [1.82, 2.24) is 20.1 Å². The lowest BCUT2D eigenvalue weighted by atomic mass is 10.1. The van der Waals surface area contributed by atoms with Gasteiger partial charge in [0.05, 0.1) is 29.9 Å². The Bertz CT molecular complexity index is 1080. The number of alkyl halides is 3. The quantitative estimate of drug-likeness (QED) is 0.504. The number of aliphatic hydroxyl groups excluding tert-OH is 2. The van der Waals surface area contributed by atoms with Crippen LogP contribution in [0, 0.1) is 0 Å². The molecule has 11 heteroatoms. The number of ether oxygens (including phenoxy) is 1. The van der Waals surface area contributed by atoms with Crippen LogP contribution >= 0.6 is 0 Å². The molecule has 0 aliphatic rings. The predicted octanol–water partition coefficient (Wildman–Crippen LogP) is 2.15. The van der Waals surface area contributed by atoms with Gasteiger partial charge >= 0.3 is 6.36 Å². The van der Waals surface area contributed by atoms with Crippen LogP contribution in [0.15, 0.2) is 49.2 Å². The molecule has 0 aliphatic carbocycles. The number of carbonyl (C=O) groups excluding carboxylic acids is 1. The fraction of sp³-hybridized carbons (Fsp3) is 0.211. The Kier molecular flexibility index (Phi) is 6.04. The van der Waals surface area contributed by atoms with E-state index in [-0.39, 0.29) is 23.6 Å². The summed E-state index contributed by atoms with van der Waals surface area (Å²) in [6.07, 6.45) is -3.67. The summed E-state index contributed by atoms with van der Waals surface area (Å²) in [5.74, 6) is -0.914. The van der Waals surface area contributed by atoms with Gasteiger partial charge in [0.2, 0.25) is 5.91 Å². The molecule has 8 nitrogen and oxygen atoms in total. The average Bonchev–Trinajstić information content (AvgIpc) is 3.09. The third kappa shape index (κ3) is 4.58. The number of hydrogen-bond donors (Lipinski definition) is 3.